The van der Waals surface area contributed by atoms with Crippen molar-refractivity contribution in [2.24, 2.45) is 5.92 Å². The zero-order chi connectivity index (χ0) is 12.6. The molecule has 0 amide bonds. The summed E-state index contributed by atoms with van der Waals surface area (Å²) in [5.41, 5.74) is 0. The van der Waals surface area contributed by atoms with Gasteiger partial charge in [0.2, 0.25) is 0 Å². The first kappa shape index (κ1) is 12.4. The lowest BCUT2D eigenvalue weighted by Gasteiger charge is -2.19. The number of hydrogen-bond donors (Lipinski definition) is 0. The SMILES string of the molecule is Cc1nc(Cl)cc(N2CC[C@H](C(F)(F)F)C2)n1. The van der Waals surface area contributed by atoms with Gasteiger partial charge in [-0.1, -0.05) is 11.6 Å². The third kappa shape index (κ3) is 2.80. The van der Waals surface area contributed by atoms with Crippen LogP contribution in [0.4, 0.5) is 19.0 Å². The van der Waals surface area contributed by atoms with E-state index in [0.717, 1.165) is 0 Å². The van der Waals surface area contributed by atoms with Gasteiger partial charge in [0, 0.05) is 19.2 Å². The van der Waals surface area contributed by atoms with Crippen molar-refractivity contribution < 1.29 is 13.2 Å². The third-order valence-corrected chi connectivity index (χ3v) is 2.96. The lowest BCUT2D eigenvalue weighted by Crippen LogP contribution is -2.28. The van der Waals surface area contributed by atoms with Gasteiger partial charge in [0.15, 0.2) is 0 Å². The molecule has 0 aromatic carbocycles. The zero-order valence-corrected chi connectivity index (χ0v) is 9.89. The second-order valence-corrected chi connectivity index (χ2v) is 4.46. The Balaban J connectivity index is 2.15. The Morgan fingerprint density at radius 2 is 2.12 bits per heavy atom. The molecule has 1 aromatic heterocycles. The molecule has 1 atom stereocenters. The number of anilines is 1. The summed E-state index contributed by atoms with van der Waals surface area (Å²) in [5, 5.41) is 0.253. The number of hydrogen-bond acceptors (Lipinski definition) is 3. The fourth-order valence-electron chi connectivity index (χ4n) is 1.91. The van der Waals surface area contributed by atoms with E-state index in [1.807, 2.05) is 0 Å². The molecule has 1 saturated heterocycles. The summed E-state index contributed by atoms with van der Waals surface area (Å²) in [7, 11) is 0. The third-order valence-electron chi connectivity index (χ3n) is 2.77. The van der Waals surface area contributed by atoms with Crippen LogP contribution in [0.1, 0.15) is 12.2 Å². The van der Waals surface area contributed by atoms with Gasteiger partial charge in [0.1, 0.15) is 16.8 Å². The van der Waals surface area contributed by atoms with Crippen molar-refractivity contribution in [3.8, 4) is 0 Å². The first-order valence-corrected chi connectivity index (χ1v) is 5.57. The highest BCUT2D eigenvalue weighted by Crippen LogP contribution is 2.35. The molecule has 0 unspecified atom stereocenters. The number of rotatable bonds is 1. The highest BCUT2D eigenvalue weighted by molar-refractivity contribution is 6.29. The van der Waals surface area contributed by atoms with Crippen molar-refractivity contribution in [3.05, 3.63) is 17.0 Å². The molecule has 0 bridgehead atoms. The lowest BCUT2D eigenvalue weighted by atomic mass is 10.1. The van der Waals surface area contributed by atoms with Crippen LogP contribution in [0.2, 0.25) is 5.15 Å². The summed E-state index contributed by atoms with van der Waals surface area (Å²) >= 11 is 5.75. The summed E-state index contributed by atoms with van der Waals surface area (Å²) in [6.45, 7) is 1.94. The predicted molar refractivity (Wildman–Crippen MR) is 58.2 cm³/mol. The topological polar surface area (TPSA) is 29.0 Å². The van der Waals surface area contributed by atoms with E-state index in [4.69, 9.17) is 11.6 Å². The van der Waals surface area contributed by atoms with Crippen molar-refractivity contribution in [2.75, 3.05) is 18.0 Å². The van der Waals surface area contributed by atoms with Gasteiger partial charge in [-0.25, -0.2) is 9.97 Å². The smallest absolute Gasteiger partial charge is 0.356 e. The Bertz CT molecular complexity index is 401. The van der Waals surface area contributed by atoms with E-state index in [2.05, 4.69) is 9.97 Å². The van der Waals surface area contributed by atoms with Crippen LogP contribution in [0.3, 0.4) is 0 Å². The average Bonchev–Trinajstić information content (AvgIpc) is 2.63. The molecule has 0 N–H and O–H groups in total. The molecule has 7 heteroatoms. The predicted octanol–water partition coefficient (Wildman–Crippen LogP) is 2.83. The fourth-order valence-corrected chi connectivity index (χ4v) is 2.13. The van der Waals surface area contributed by atoms with Gasteiger partial charge in [-0.3, -0.25) is 0 Å². The average molecular weight is 266 g/mol. The number of aromatic nitrogens is 2. The van der Waals surface area contributed by atoms with Crippen LogP contribution in [0.15, 0.2) is 6.07 Å². The Kier molecular flexibility index (Phi) is 3.16. The Hall–Kier alpha value is -1.04. The lowest BCUT2D eigenvalue weighted by molar-refractivity contribution is -0.168. The quantitative estimate of drug-likeness (QED) is 0.731. The minimum Gasteiger partial charge on any atom is -0.356 e. The van der Waals surface area contributed by atoms with E-state index in [-0.39, 0.29) is 18.1 Å². The summed E-state index contributed by atoms with van der Waals surface area (Å²) in [4.78, 5) is 9.57. The molecule has 1 aliphatic heterocycles. The molecule has 1 aromatic rings. The second-order valence-electron chi connectivity index (χ2n) is 4.07. The van der Waals surface area contributed by atoms with Crippen LogP contribution in [0.5, 0.6) is 0 Å². The second kappa shape index (κ2) is 4.33. The van der Waals surface area contributed by atoms with Crippen LogP contribution in [-0.4, -0.2) is 29.2 Å². The van der Waals surface area contributed by atoms with Crippen LogP contribution >= 0.6 is 11.6 Å². The highest BCUT2D eigenvalue weighted by Gasteiger charge is 2.43. The van der Waals surface area contributed by atoms with Gasteiger partial charge >= 0.3 is 6.18 Å². The first-order chi connectivity index (χ1) is 7.86. The van der Waals surface area contributed by atoms with Gasteiger partial charge in [0.05, 0.1) is 5.92 Å². The zero-order valence-electron chi connectivity index (χ0n) is 9.13. The fraction of sp³-hybridized carbons (Fsp3) is 0.600. The van der Waals surface area contributed by atoms with Gasteiger partial charge in [-0.15, -0.1) is 0 Å². The van der Waals surface area contributed by atoms with Crippen LogP contribution in [0.25, 0.3) is 0 Å². The number of halogens is 4. The molecular weight excluding hydrogens is 255 g/mol. The normalized spacial score (nSPS) is 21.0. The highest BCUT2D eigenvalue weighted by atomic mass is 35.5. The van der Waals surface area contributed by atoms with E-state index in [0.29, 0.717) is 18.2 Å². The molecule has 1 aliphatic rings. The minimum absolute atomic E-state index is 0.0592. The van der Waals surface area contributed by atoms with Crippen molar-refractivity contribution in [3.63, 3.8) is 0 Å². The number of nitrogens with zero attached hydrogens (tertiary/aromatic N) is 3. The molecule has 2 rings (SSSR count). The molecule has 94 valence electrons. The van der Waals surface area contributed by atoms with Gasteiger partial charge in [0.25, 0.3) is 0 Å². The minimum atomic E-state index is -4.14. The van der Waals surface area contributed by atoms with Crippen molar-refractivity contribution >= 4 is 17.4 Å². The van der Waals surface area contributed by atoms with E-state index in [1.54, 1.807) is 11.8 Å². The van der Waals surface area contributed by atoms with E-state index in [1.165, 1.54) is 6.07 Å². The molecule has 1 fully saturated rings. The Labute approximate surface area is 102 Å². The molecule has 0 spiro atoms. The van der Waals surface area contributed by atoms with Crippen LogP contribution in [0, 0.1) is 12.8 Å². The standard InChI is InChI=1S/C10H11ClF3N3/c1-6-15-8(11)4-9(16-6)17-3-2-7(5-17)10(12,13)14/h4,7H,2-3,5H2,1H3/t7-/m0/s1. The van der Waals surface area contributed by atoms with Crippen LogP contribution < -0.4 is 4.90 Å². The summed E-state index contributed by atoms with van der Waals surface area (Å²) in [5.74, 6) is -0.353. The number of alkyl halides is 3. The molecule has 2 heterocycles. The van der Waals surface area contributed by atoms with Crippen molar-refractivity contribution in [1.29, 1.82) is 0 Å². The summed E-state index contributed by atoms with van der Waals surface area (Å²) in [6.07, 6.45) is -4.04. The monoisotopic (exact) mass is 265 g/mol. The molecule has 17 heavy (non-hydrogen) atoms. The largest absolute Gasteiger partial charge is 0.393 e. The summed E-state index contributed by atoms with van der Waals surface area (Å²) < 4.78 is 37.6. The molecule has 0 radical (unpaired) electrons. The maximum Gasteiger partial charge on any atom is 0.393 e. The number of aryl methyl sites for hydroxylation is 1. The molecular formula is C10H11ClF3N3. The van der Waals surface area contributed by atoms with E-state index in [9.17, 15) is 13.2 Å². The Morgan fingerprint density at radius 1 is 1.41 bits per heavy atom. The van der Waals surface area contributed by atoms with Gasteiger partial charge in [-0.2, -0.15) is 13.2 Å². The Morgan fingerprint density at radius 3 is 2.65 bits per heavy atom. The van der Waals surface area contributed by atoms with Crippen LogP contribution in [-0.2, 0) is 0 Å². The van der Waals surface area contributed by atoms with Gasteiger partial charge in [-0.05, 0) is 13.3 Å². The van der Waals surface area contributed by atoms with Gasteiger partial charge < -0.3 is 4.90 Å². The van der Waals surface area contributed by atoms with Crippen molar-refractivity contribution in [2.45, 2.75) is 19.5 Å². The van der Waals surface area contributed by atoms with Crippen molar-refractivity contribution in [1.82, 2.24) is 9.97 Å². The maximum absolute atomic E-state index is 12.5. The van der Waals surface area contributed by atoms with E-state index < -0.39 is 12.1 Å². The first-order valence-electron chi connectivity index (χ1n) is 5.19. The van der Waals surface area contributed by atoms with E-state index >= 15 is 0 Å². The summed E-state index contributed by atoms with van der Waals surface area (Å²) in [6, 6.07) is 1.49. The molecule has 0 saturated carbocycles. The maximum atomic E-state index is 12.5. The molecule has 0 aliphatic carbocycles. The molecule has 3 nitrogen and oxygen atoms in total.